The second kappa shape index (κ2) is 3.38. The summed E-state index contributed by atoms with van der Waals surface area (Å²) in [5, 5.41) is 2.72. The number of rotatable bonds is 3. The largest absolute Gasteiger partial charge is 0.418 e. The van der Waals surface area contributed by atoms with Gasteiger partial charge in [0.25, 0.3) is 0 Å². The molecule has 82 valence electrons. The zero-order valence-electron chi connectivity index (χ0n) is 7.86. The van der Waals surface area contributed by atoms with E-state index in [2.05, 4.69) is 5.32 Å². The fourth-order valence-electron chi connectivity index (χ4n) is 1.68. The van der Waals surface area contributed by atoms with E-state index in [9.17, 15) is 13.2 Å². The molecule has 0 aromatic carbocycles. The average molecular weight is 209 g/mol. The van der Waals surface area contributed by atoms with E-state index in [0.717, 1.165) is 12.8 Å². The van der Waals surface area contributed by atoms with Crippen LogP contribution in [-0.2, 0) is 4.74 Å². The first-order valence-corrected chi connectivity index (χ1v) is 4.95. The Labute approximate surface area is 80.8 Å². The lowest BCUT2D eigenvalue weighted by atomic mass is 10.0. The summed E-state index contributed by atoms with van der Waals surface area (Å²) in [7, 11) is 0. The molecule has 2 nitrogen and oxygen atoms in total. The summed E-state index contributed by atoms with van der Waals surface area (Å²) < 4.78 is 43.3. The highest BCUT2D eigenvalue weighted by atomic mass is 19.4. The van der Waals surface area contributed by atoms with E-state index in [1.54, 1.807) is 0 Å². The van der Waals surface area contributed by atoms with Gasteiger partial charge in [-0.15, -0.1) is 0 Å². The topological polar surface area (TPSA) is 21.3 Å². The normalized spacial score (nSPS) is 33.6. The lowest BCUT2D eigenvalue weighted by Crippen LogP contribution is -2.49. The van der Waals surface area contributed by atoms with E-state index in [1.165, 1.54) is 0 Å². The highest BCUT2D eigenvalue weighted by molar-refractivity contribution is 4.96. The van der Waals surface area contributed by atoms with Gasteiger partial charge in [-0.25, -0.2) is 0 Å². The van der Waals surface area contributed by atoms with E-state index in [4.69, 9.17) is 4.74 Å². The van der Waals surface area contributed by atoms with Crippen molar-refractivity contribution in [1.82, 2.24) is 5.32 Å². The molecule has 2 rings (SSSR count). The molecule has 2 aliphatic rings. The van der Waals surface area contributed by atoms with Crippen LogP contribution in [0.2, 0.25) is 0 Å². The van der Waals surface area contributed by atoms with Gasteiger partial charge in [-0.2, -0.15) is 13.2 Å². The van der Waals surface area contributed by atoms with Crippen molar-refractivity contribution in [1.29, 1.82) is 0 Å². The molecule has 1 atom stereocenters. The number of alkyl halides is 3. The zero-order chi connectivity index (χ0) is 10.2. The van der Waals surface area contributed by atoms with Gasteiger partial charge in [-0.1, -0.05) is 0 Å². The van der Waals surface area contributed by atoms with E-state index >= 15 is 0 Å². The number of nitrogens with one attached hydrogen (secondary N) is 1. The van der Waals surface area contributed by atoms with Crippen molar-refractivity contribution in [2.24, 2.45) is 5.92 Å². The van der Waals surface area contributed by atoms with Crippen LogP contribution >= 0.6 is 0 Å². The number of ether oxygens (including phenoxy) is 1. The van der Waals surface area contributed by atoms with Crippen LogP contribution in [0.4, 0.5) is 13.2 Å². The summed E-state index contributed by atoms with van der Waals surface area (Å²) in [6, 6.07) is 0. The van der Waals surface area contributed by atoms with Gasteiger partial charge in [-0.05, 0) is 31.7 Å². The monoisotopic (exact) mass is 209 g/mol. The zero-order valence-corrected chi connectivity index (χ0v) is 7.86. The highest BCUT2D eigenvalue weighted by Crippen LogP contribution is 2.40. The van der Waals surface area contributed by atoms with Crippen LogP contribution in [-0.4, -0.2) is 31.5 Å². The summed E-state index contributed by atoms with van der Waals surface area (Å²) >= 11 is 0. The second-order valence-electron chi connectivity index (χ2n) is 4.17. The third-order valence-corrected chi connectivity index (χ3v) is 2.93. The van der Waals surface area contributed by atoms with Gasteiger partial charge in [0, 0.05) is 6.54 Å². The second-order valence-corrected chi connectivity index (χ2v) is 4.17. The maximum absolute atomic E-state index is 12.7. The van der Waals surface area contributed by atoms with Crippen molar-refractivity contribution in [2.75, 3.05) is 19.7 Å². The Balaban J connectivity index is 1.97. The van der Waals surface area contributed by atoms with Crippen molar-refractivity contribution in [3.63, 3.8) is 0 Å². The molecular formula is C9H14F3NO. The molecule has 2 fully saturated rings. The SMILES string of the molecule is FC(F)(F)C1(OCC2CC2)CCNC1. The molecule has 1 unspecified atom stereocenters. The summed E-state index contributed by atoms with van der Waals surface area (Å²) in [4.78, 5) is 0. The Morgan fingerprint density at radius 3 is 2.50 bits per heavy atom. The molecule has 5 heteroatoms. The Morgan fingerprint density at radius 1 is 1.36 bits per heavy atom. The van der Waals surface area contributed by atoms with E-state index in [-0.39, 0.29) is 19.6 Å². The quantitative estimate of drug-likeness (QED) is 0.764. The molecule has 0 spiro atoms. The van der Waals surface area contributed by atoms with Crippen LogP contribution in [0.5, 0.6) is 0 Å². The first-order valence-electron chi connectivity index (χ1n) is 4.95. The summed E-state index contributed by atoms with van der Waals surface area (Å²) in [5.41, 5.74) is -1.91. The smallest absolute Gasteiger partial charge is 0.364 e. The Bertz CT molecular complexity index is 207. The van der Waals surface area contributed by atoms with Crippen molar-refractivity contribution in [3.05, 3.63) is 0 Å². The van der Waals surface area contributed by atoms with Crippen molar-refractivity contribution >= 4 is 0 Å². The van der Waals surface area contributed by atoms with Crippen LogP contribution in [0.1, 0.15) is 19.3 Å². The molecule has 0 aromatic rings. The highest BCUT2D eigenvalue weighted by Gasteiger charge is 2.57. The number of hydrogen-bond acceptors (Lipinski definition) is 2. The van der Waals surface area contributed by atoms with Gasteiger partial charge >= 0.3 is 6.18 Å². The lowest BCUT2D eigenvalue weighted by Gasteiger charge is -2.31. The van der Waals surface area contributed by atoms with Crippen molar-refractivity contribution in [3.8, 4) is 0 Å². The van der Waals surface area contributed by atoms with Crippen molar-refractivity contribution < 1.29 is 17.9 Å². The van der Waals surface area contributed by atoms with Crippen LogP contribution in [0.3, 0.4) is 0 Å². The van der Waals surface area contributed by atoms with E-state index < -0.39 is 11.8 Å². The predicted octanol–water partition coefficient (Wildman–Crippen LogP) is 1.71. The van der Waals surface area contributed by atoms with Gasteiger partial charge in [0.1, 0.15) is 0 Å². The summed E-state index contributed by atoms with van der Waals surface area (Å²) in [6.07, 6.45) is -2.17. The van der Waals surface area contributed by atoms with Gasteiger partial charge in [0.15, 0.2) is 5.60 Å². The van der Waals surface area contributed by atoms with Gasteiger partial charge < -0.3 is 10.1 Å². The minimum Gasteiger partial charge on any atom is -0.364 e. The molecule has 1 N–H and O–H groups in total. The molecule has 1 heterocycles. The standard InChI is InChI=1S/C9H14F3NO/c10-9(11,12)8(3-4-13-6-8)14-5-7-1-2-7/h7,13H,1-6H2. The van der Waals surface area contributed by atoms with Crippen LogP contribution in [0, 0.1) is 5.92 Å². The van der Waals surface area contributed by atoms with Crippen LogP contribution < -0.4 is 5.32 Å². The molecule has 0 aromatic heterocycles. The van der Waals surface area contributed by atoms with Crippen molar-refractivity contribution in [2.45, 2.75) is 31.0 Å². The predicted molar refractivity (Wildman–Crippen MR) is 44.9 cm³/mol. The fourth-order valence-corrected chi connectivity index (χ4v) is 1.68. The average Bonchev–Trinajstić information content (AvgIpc) is 2.78. The molecule has 0 bridgehead atoms. The van der Waals surface area contributed by atoms with E-state index in [0.29, 0.717) is 12.5 Å². The Morgan fingerprint density at radius 2 is 2.07 bits per heavy atom. The Hall–Kier alpha value is -0.290. The maximum Gasteiger partial charge on any atom is 0.418 e. The molecule has 0 amide bonds. The fraction of sp³-hybridized carbons (Fsp3) is 1.00. The summed E-state index contributed by atoms with van der Waals surface area (Å²) in [6.45, 7) is 0.564. The Kier molecular flexibility index (Phi) is 2.47. The molecule has 1 aliphatic carbocycles. The lowest BCUT2D eigenvalue weighted by molar-refractivity contribution is -0.270. The van der Waals surface area contributed by atoms with Gasteiger partial charge in [0.2, 0.25) is 0 Å². The third kappa shape index (κ3) is 1.88. The molecule has 1 saturated carbocycles. The van der Waals surface area contributed by atoms with Gasteiger partial charge in [-0.3, -0.25) is 0 Å². The first-order chi connectivity index (χ1) is 6.54. The molecule has 0 radical (unpaired) electrons. The number of hydrogen-bond donors (Lipinski definition) is 1. The third-order valence-electron chi connectivity index (χ3n) is 2.93. The van der Waals surface area contributed by atoms with Crippen LogP contribution in [0.25, 0.3) is 0 Å². The molecule has 14 heavy (non-hydrogen) atoms. The molecular weight excluding hydrogens is 195 g/mol. The minimum atomic E-state index is -4.24. The van der Waals surface area contributed by atoms with Crippen LogP contribution in [0.15, 0.2) is 0 Å². The van der Waals surface area contributed by atoms with E-state index in [1.807, 2.05) is 0 Å². The first kappa shape index (κ1) is 10.2. The number of halogens is 3. The summed E-state index contributed by atoms with van der Waals surface area (Å²) in [5.74, 6) is 0.370. The maximum atomic E-state index is 12.7. The minimum absolute atomic E-state index is 0.0449. The van der Waals surface area contributed by atoms with Gasteiger partial charge in [0.05, 0.1) is 6.61 Å². The molecule has 1 aliphatic heterocycles. The molecule has 1 saturated heterocycles.